The Morgan fingerprint density at radius 2 is 1.79 bits per heavy atom. The van der Waals surface area contributed by atoms with Crippen LogP contribution in [0.25, 0.3) is 0 Å². The third-order valence-electron chi connectivity index (χ3n) is 7.85. The van der Waals surface area contributed by atoms with Crippen LogP contribution in [0.15, 0.2) is 46.9 Å². The van der Waals surface area contributed by atoms with Gasteiger partial charge < -0.3 is 14.5 Å². The van der Waals surface area contributed by atoms with Crippen LogP contribution < -0.4 is 0 Å². The predicted molar refractivity (Wildman–Crippen MR) is 157 cm³/mol. The van der Waals surface area contributed by atoms with Gasteiger partial charge in [0, 0.05) is 41.5 Å². The lowest BCUT2D eigenvalue weighted by atomic mass is 9.82. The van der Waals surface area contributed by atoms with Crippen LogP contribution in [0.4, 0.5) is 0 Å². The van der Waals surface area contributed by atoms with E-state index in [9.17, 15) is 14.4 Å². The van der Waals surface area contributed by atoms with Gasteiger partial charge in [-0.2, -0.15) is 0 Å². The van der Waals surface area contributed by atoms with Gasteiger partial charge in [0.05, 0.1) is 19.1 Å². The van der Waals surface area contributed by atoms with Crippen LogP contribution in [0, 0.1) is 11.8 Å². The molecule has 210 valence electrons. The summed E-state index contributed by atoms with van der Waals surface area (Å²) in [6.07, 6.45) is 2.61. The van der Waals surface area contributed by atoms with Crippen molar-refractivity contribution in [2.24, 2.45) is 11.8 Å². The van der Waals surface area contributed by atoms with Crippen molar-refractivity contribution < 1.29 is 19.1 Å². The highest BCUT2D eigenvalue weighted by Crippen LogP contribution is 2.42. The molecule has 0 bridgehead atoms. The summed E-state index contributed by atoms with van der Waals surface area (Å²) < 4.78 is 6.06. The molecule has 39 heavy (non-hydrogen) atoms. The average Bonchev–Trinajstić information content (AvgIpc) is 2.99. The summed E-state index contributed by atoms with van der Waals surface area (Å²) in [4.78, 5) is 43.1. The van der Waals surface area contributed by atoms with E-state index in [2.05, 4.69) is 35.8 Å². The molecule has 0 saturated carbocycles. The molecule has 0 aromatic heterocycles. The Kier molecular flexibility index (Phi) is 10.1. The molecule has 2 aromatic carbocycles. The maximum atomic E-state index is 14.1. The molecule has 0 radical (unpaired) electrons. The van der Waals surface area contributed by atoms with Gasteiger partial charge in [-0.25, -0.2) is 0 Å². The van der Waals surface area contributed by atoms with Gasteiger partial charge in [-0.1, -0.05) is 65.6 Å². The van der Waals surface area contributed by atoms with Crippen molar-refractivity contribution in [3.05, 3.63) is 68.7 Å². The van der Waals surface area contributed by atoms with Crippen molar-refractivity contribution in [2.75, 3.05) is 32.8 Å². The average molecular weight is 618 g/mol. The highest BCUT2D eigenvalue weighted by molar-refractivity contribution is 9.10. The minimum atomic E-state index is -0.340. The van der Waals surface area contributed by atoms with E-state index in [1.807, 2.05) is 48.2 Å². The number of carbonyl (C=O) groups is 3. The summed E-state index contributed by atoms with van der Waals surface area (Å²) >= 11 is 10.2. The van der Waals surface area contributed by atoms with Gasteiger partial charge in [-0.05, 0) is 72.9 Å². The highest BCUT2D eigenvalue weighted by Gasteiger charge is 2.38. The summed E-state index contributed by atoms with van der Waals surface area (Å²) in [5.41, 5.74) is 3.10. The van der Waals surface area contributed by atoms with Crippen LogP contribution in [-0.2, 0) is 19.1 Å². The normalized spacial score (nSPS) is 20.1. The molecule has 2 aliphatic heterocycles. The number of likely N-dealkylation sites (tertiary alicyclic amines) is 1. The first-order valence-electron chi connectivity index (χ1n) is 13.9. The topological polar surface area (TPSA) is 66.9 Å². The number of hydrogen-bond acceptors (Lipinski definition) is 4. The Balaban J connectivity index is 1.59. The van der Waals surface area contributed by atoms with Crippen molar-refractivity contribution in [3.63, 3.8) is 0 Å². The Labute approximate surface area is 245 Å². The van der Waals surface area contributed by atoms with E-state index in [0.29, 0.717) is 50.0 Å². The van der Waals surface area contributed by atoms with E-state index in [1.54, 1.807) is 4.90 Å². The standard InChI is InChI=1S/C31H38BrClN2O4/c1-4-39-30(37)16-21-11-13-34(14-12-21)29(36)19-35-18-27(24-7-5-6-8-28(24)32)25-17-22(33)9-10-23(25)26(31(35)38)15-20(2)3/h5-10,17,20-21,26-27H,4,11-16,18-19H2,1-3H3. The van der Waals surface area contributed by atoms with E-state index in [0.717, 1.165) is 34.0 Å². The van der Waals surface area contributed by atoms with Gasteiger partial charge in [0.2, 0.25) is 11.8 Å². The maximum absolute atomic E-state index is 14.1. The van der Waals surface area contributed by atoms with Crippen molar-refractivity contribution in [1.29, 1.82) is 0 Å². The molecule has 2 heterocycles. The first-order chi connectivity index (χ1) is 18.7. The number of amides is 2. The van der Waals surface area contributed by atoms with Gasteiger partial charge in [0.1, 0.15) is 0 Å². The SMILES string of the molecule is CCOC(=O)CC1CCN(C(=O)CN2CC(c3ccccc3Br)c3cc(Cl)ccc3C(CC(C)C)C2=O)CC1. The molecule has 4 rings (SSSR count). The summed E-state index contributed by atoms with van der Waals surface area (Å²) in [5, 5.41) is 0.636. The highest BCUT2D eigenvalue weighted by atomic mass is 79.9. The Morgan fingerprint density at radius 1 is 1.08 bits per heavy atom. The molecule has 0 aliphatic carbocycles. The molecule has 0 spiro atoms. The van der Waals surface area contributed by atoms with Crippen LogP contribution in [0.2, 0.25) is 5.02 Å². The first kappa shape index (κ1) is 29.6. The van der Waals surface area contributed by atoms with Crippen LogP contribution >= 0.6 is 27.5 Å². The Hall–Kier alpha value is -2.38. The molecule has 2 atom stereocenters. The number of esters is 1. The maximum Gasteiger partial charge on any atom is 0.306 e. The molecule has 2 aromatic rings. The van der Waals surface area contributed by atoms with Gasteiger partial charge >= 0.3 is 5.97 Å². The quantitative estimate of drug-likeness (QED) is 0.322. The third kappa shape index (κ3) is 7.23. The lowest BCUT2D eigenvalue weighted by molar-refractivity contribution is -0.145. The van der Waals surface area contributed by atoms with Crippen molar-refractivity contribution in [2.45, 2.75) is 58.3 Å². The fourth-order valence-electron chi connectivity index (χ4n) is 5.90. The number of rotatable bonds is 8. The van der Waals surface area contributed by atoms with Gasteiger partial charge in [0.25, 0.3) is 0 Å². The Bertz CT molecular complexity index is 1190. The molecule has 8 heteroatoms. The molecule has 2 unspecified atom stereocenters. The number of piperidine rings is 1. The predicted octanol–water partition coefficient (Wildman–Crippen LogP) is 6.40. The summed E-state index contributed by atoms with van der Waals surface area (Å²) in [7, 11) is 0. The summed E-state index contributed by atoms with van der Waals surface area (Å²) in [6, 6.07) is 13.9. The molecule has 6 nitrogen and oxygen atoms in total. The lowest BCUT2D eigenvalue weighted by Crippen LogP contribution is -2.47. The minimum absolute atomic E-state index is 0.00706. The number of benzene rings is 2. The Morgan fingerprint density at radius 3 is 2.46 bits per heavy atom. The molecule has 1 saturated heterocycles. The van der Waals surface area contributed by atoms with E-state index >= 15 is 0 Å². The molecule has 0 N–H and O–H groups in total. The molecule has 2 amide bonds. The molecular formula is C31H38BrClN2O4. The van der Waals surface area contributed by atoms with E-state index < -0.39 is 0 Å². The molecular weight excluding hydrogens is 580 g/mol. The number of ether oxygens (including phenoxy) is 1. The fraction of sp³-hybridized carbons (Fsp3) is 0.516. The van der Waals surface area contributed by atoms with Crippen molar-refractivity contribution in [1.82, 2.24) is 9.80 Å². The van der Waals surface area contributed by atoms with Gasteiger partial charge in [-0.15, -0.1) is 0 Å². The largest absolute Gasteiger partial charge is 0.466 e. The van der Waals surface area contributed by atoms with Crippen molar-refractivity contribution >= 4 is 45.3 Å². The lowest BCUT2D eigenvalue weighted by Gasteiger charge is -2.34. The van der Waals surface area contributed by atoms with Crippen LogP contribution in [0.1, 0.15) is 75.0 Å². The third-order valence-corrected chi connectivity index (χ3v) is 8.81. The van der Waals surface area contributed by atoms with Gasteiger partial charge in [0.15, 0.2) is 0 Å². The van der Waals surface area contributed by atoms with Crippen molar-refractivity contribution in [3.8, 4) is 0 Å². The molecule has 1 fully saturated rings. The second kappa shape index (κ2) is 13.3. The number of hydrogen-bond donors (Lipinski definition) is 0. The fourth-order valence-corrected chi connectivity index (χ4v) is 6.64. The van der Waals surface area contributed by atoms with E-state index in [-0.39, 0.29) is 42.1 Å². The van der Waals surface area contributed by atoms with Crippen LogP contribution in [0.3, 0.4) is 0 Å². The number of carbonyl (C=O) groups excluding carboxylic acids is 3. The van der Waals surface area contributed by atoms with E-state index in [4.69, 9.17) is 16.3 Å². The monoisotopic (exact) mass is 616 g/mol. The minimum Gasteiger partial charge on any atom is -0.466 e. The van der Waals surface area contributed by atoms with E-state index in [1.165, 1.54) is 0 Å². The van der Waals surface area contributed by atoms with Crippen LogP contribution in [-0.4, -0.2) is 60.4 Å². The first-order valence-corrected chi connectivity index (χ1v) is 15.1. The smallest absolute Gasteiger partial charge is 0.306 e. The molecule has 2 aliphatic rings. The summed E-state index contributed by atoms with van der Waals surface area (Å²) in [6.45, 7) is 8.04. The zero-order valence-electron chi connectivity index (χ0n) is 23.0. The number of fused-ring (bicyclic) bond motifs is 1. The van der Waals surface area contributed by atoms with Gasteiger partial charge in [-0.3, -0.25) is 14.4 Å². The second-order valence-corrected chi connectivity index (χ2v) is 12.4. The number of halogens is 2. The zero-order chi connectivity index (χ0) is 28.1. The van der Waals surface area contributed by atoms with Crippen LogP contribution in [0.5, 0.6) is 0 Å². The number of nitrogens with zero attached hydrogens (tertiary/aromatic N) is 2. The second-order valence-electron chi connectivity index (χ2n) is 11.1. The summed E-state index contributed by atoms with van der Waals surface area (Å²) in [5.74, 6) is -0.165. The zero-order valence-corrected chi connectivity index (χ0v) is 25.3.